The zero-order valence-corrected chi connectivity index (χ0v) is 9.17. The van der Waals surface area contributed by atoms with E-state index in [2.05, 4.69) is 6.92 Å². The summed E-state index contributed by atoms with van der Waals surface area (Å²) in [6.07, 6.45) is 4.67. The Labute approximate surface area is 85.3 Å². The van der Waals surface area contributed by atoms with Gasteiger partial charge in [0.25, 0.3) is 0 Å². The molecule has 0 N–H and O–H groups in total. The number of hydrogen-bond acceptors (Lipinski definition) is 2. The molecule has 2 heteroatoms. The number of Topliss-reactive ketones (excluding diaryl/α,β-unsaturated/α-hetero) is 1. The quantitative estimate of drug-likeness (QED) is 0.669. The average Bonchev–Trinajstić information content (AvgIpc) is 2.66. The number of carbonyl (C=O) groups is 1. The molecule has 0 amide bonds. The Balaban J connectivity index is 2.68. The van der Waals surface area contributed by atoms with Crippen LogP contribution in [0.4, 0.5) is 0 Å². The maximum Gasteiger partial charge on any atom is 0.203 e. The van der Waals surface area contributed by atoms with Crippen molar-refractivity contribution in [3.63, 3.8) is 0 Å². The van der Waals surface area contributed by atoms with Gasteiger partial charge in [-0.15, -0.1) is 0 Å². The van der Waals surface area contributed by atoms with Crippen molar-refractivity contribution in [1.29, 1.82) is 0 Å². The normalized spacial score (nSPS) is 11.6. The lowest BCUT2D eigenvalue weighted by atomic mass is 9.82. The topological polar surface area (TPSA) is 30.2 Å². The van der Waals surface area contributed by atoms with E-state index in [1.54, 1.807) is 18.4 Å². The number of ketones is 1. The Bertz CT molecular complexity index is 283. The van der Waals surface area contributed by atoms with Crippen molar-refractivity contribution in [3.05, 3.63) is 24.2 Å². The van der Waals surface area contributed by atoms with Crippen LogP contribution in [-0.2, 0) is 0 Å². The van der Waals surface area contributed by atoms with E-state index in [1.807, 2.05) is 13.8 Å². The van der Waals surface area contributed by atoms with Crippen molar-refractivity contribution in [2.45, 2.75) is 40.0 Å². The Morgan fingerprint density at radius 3 is 2.71 bits per heavy atom. The summed E-state index contributed by atoms with van der Waals surface area (Å²) in [6.45, 7) is 6.09. The fourth-order valence-electron chi connectivity index (χ4n) is 1.47. The molecule has 1 aromatic rings. The molecule has 0 fully saturated rings. The van der Waals surface area contributed by atoms with Gasteiger partial charge in [0.15, 0.2) is 5.76 Å². The van der Waals surface area contributed by atoms with E-state index in [-0.39, 0.29) is 11.2 Å². The molecule has 0 aliphatic heterocycles. The van der Waals surface area contributed by atoms with Crippen LogP contribution in [0, 0.1) is 5.41 Å². The van der Waals surface area contributed by atoms with E-state index < -0.39 is 0 Å². The van der Waals surface area contributed by atoms with E-state index in [1.165, 1.54) is 0 Å². The minimum atomic E-state index is -0.298. The molecule has 1 rings (SSSR count). The molecule has 0 aromatic carbocycles. The van der Waals surface area contributed by atoms with Gasteiger partial charge >= 0.3 is 0 Å². The third kappa shape index (κ3) is 2.47. The monoisotopic (exact) mass is 194 g/mol. The van der Waals surface area contributed by atoms with Crippen LogP contribution in [0.2, 0.25) is 0 Å². The maximum atomic E-state index is 11.9. The molecule has 0 radical (unpaired) electrons. The van der Waals surface area contributed by atoms with Crippen molar-refractivity contribution in [1.82, 2.24) is 0 Å². The zero-order valence-electron chi connectivity index (χ0n) is 9.17. The molecule has 0 aliphatic rings. The third-order valence-electron chi connectivity index (χ3n) is 2.51. The summed E-state index contributed by atoms with van der Waals surface area (Å²) in [7, 11) is 0. The van der Waals surface area contributed by atoms with E-state index in [0.29, 0.717) is 5.76 Å². The van der Waals surface area contributed by atoms with Crippen molar-refractivity contribution in [2.75, 3.05) is 0 Å². The Hall–Kier alpha value is -1.05. The van der Waals surface area contributed by atoms with Gasteiger partial charge in [-0.2, -0.15) is 0 Å². The second kappa shape index (κ2) is 4.45. The Kier molecular flexibility index (Phi) is 3.50. The Morgan fingerprint density at radius 1 is 1.50 bits per heavy atom. The van der Waals surface area contributed by atoms with Gasteiger partial charge in [0.2, 0.25) is 5.78 Å². The van der Waals surface area contributed by atoms with Gasteiger partial charge < -0.3 is 4.42 Å². The molecule has 0 aliphatic carbocycles. The number of carbonyl (C=O) groups excluding carboxylic acids is 1. The zero-order chi connectivity index (χ0) is 10.6. The smallest absolute Gasteiger partial charge is 0.203 e. The number of hydrogen-bond donors (Lipinski definition) is 0. The van der Waals surface area contributed by atoms with Gasteiger partial charge in [0.1, 0.15) is 0 Å². The summed E-state index contributed by atoms with van der Waals surface area (Å²) in [5.74, 6) is 0.585. The second-order valence-corrected chi connectivity index (χ2v) is 4.29. The molecule has 0 spiro atoms. The van der Waals surface area contributed by atoms with Crippen LogP contribution >= 0.6 is 0 Å². The van der Waals surface area contributed by atoms with Gasteiger partial charge in [-0.25, -0.2) is 0 Å². The maximum absolute atomic E-state index is 11.9. The number of furan rings is 1. The van der Waals surface area contributed by atoms with Crippen LogP contribution in [0.5, 0.6) is 0 Å². The molecule has 78 valence electrons. The molecule has 0 bridgehead atoms. The predicted octanol–water partition coefficient (Wildman–Crippen LogP) is 3.68. The first-order valence-corrected chi connectivity index (χ1v) is 5.16. The molecule has 2 nitrogen and oxygen atoms in total. The minimum absolute atomic E-state index is 0.107. The van der Waals surface area contributed by atoms with Crippen molar-refractivity contribution in [2.24, 2.45) is 5.41 Å². The van der Waals surface area contributed by atoms with Crippen molar-refractivity contribution < 1.29 is 9.21 Å². The summed E-state index contributed by atoms with van der Waals surface area (Å²) in [5.41, 5.74) is -0.298. The van der Waals surface area contributed by atoms with E-state index in [4.69, 9.17) is 4.42 Å². The largest absolute Gasteiger partial charge is 0.461 e. The SMILES string of the molecule is CCCCC(C)(C)C(=O)c1ccco1. The fraction of sp³-hybridized carbons (Fsp3) is 0.583. The fourth-order valence-corrected chi connectivity index (χ4v) is 1.47. The molecule has 1 heterocycles. The molecular weight excluding hydrogens is 176 g/mol. The van der Waals surface area contributed by atoms with Crippen LogP contribution in [-0.4, -0.2) is 5.78 Å². The highest BCUT2D eigenvalue weighted by molar-refractivity contribution is 5.97. The van der Waals surface area contributed by atoms with E-state index >= 15 is 0 Å². The first-order valence-electron chi connectivity index (χ1n) is 5.16. The third-order valence-corrected chi connectivity index (χ3v) is 2.51. The molecule has 0 saturated heterocycles. The van der Waals surface area contributed by atoms with Gasteiger partial charge in [-0.1, -0.05) is 33.6 Å². The van der Waals surface area contributed by atoms with Crippen LogP contribution in [0.25, 0.3) is 0 Å². The van der Waals surface area contributed by atoms with Gasteiger partial charge in [0.05, 0.1) is 6.26 Å². The predicted molar refractivity (Wildman–Crippen MR) is 56.3 cm³/mol. The summed E-state index contributed by atoms with van der Waals surface area (Å²) >= 11 is 0. The van der Waals surface area contributed by atoms with Crippen LogP contribution in [0.3, 0.4) is 0 Å². The van der Waals surface area contributed by atoms with Crippen LogP contribution < -0.4 is 0 Å². The van der Waals surface area contributed by atoms with E-state index in [0.717, 1.165) is 19.3 Å². The minimum Gasteiger partial charge on any atom is -0.461 e. The average molecular weight is 194 g/mol. The number of rotatable bonds is 5. The standard InChI is InChI=1S/C12H18O2/c1-4-5-8-12(2,3)11(13)10-7-6-9-14-10/h6-7,9H,4-5,8H2,1-3H3. The lowest BCUT2D eigenvalue weighted by Gasteiger charge is -2.21. The molecule has 0 saturated carbocycles. The van der Waals surface area contributed by atoms with E-state index in [9.17, 15) is 4.79 Å². The summed E-state index contributed by atoms with van der Waals surface area (Å²) in [5, 5.41) is 0. The summed E-state index contributed by atoms with van der Waals surface area (Å²) < 4.78 is 5.11. The molecule has 14 heavy (non-hydrogen) atoms. The molecule has 0 unspecified atom stereocenters. The van der Waals surface area contributed by atoms with Crippen molar-refractivity contribution >= 4 is 5.78 Å². The first kappa shape index (κ1) is 11.0. The lowest BCUT2D eigenvalue weighted by Crippen LogP contribution is -2.23. The van der Waals surface area contributed by atoms with Crippen molar-refractivity contribution in [3.8, 4) is 0 Å². The van der Waals surface area contributed by atoms with Gasteiger partial charge in [-0.05, 0) is 18.6 Å². The highest BCUT2D eigenvalue weighted by atomic mass is 16.3. The lowest BCUT2D eigenvalue weighted by molar-refractivity contribution is 0.0793. The summed E-state index contributed by atoms with van der Waals surface area (Å²) in [6, 6.07) is 3.49. The highest BCUT2D eigenvalue weighted by Crippen LogP contribution is 2.28. The second-order valence-electron chi connectivity index (χ2n) is 4.29. The van der Waals surface area contributed by atoms with Gasteiger partial charge in [-0.3, -0.25) is 4.79 Å². The Morgan fingerprint density at radius 2 is 2.21 bits per heavy atom. The molecule has 0 atom stereocenters. The van der Waals surface area contributed by atoms with Crippen LogP contribution in [0.1, 0.15) is 50.6 Å². The summed E-state index contributed by atoms with van der Waals surface area (Å²) in [4.78, 5) is 11.9. The first-order chi connectivity index (χ1) is 6.58. The molecular formula is C12H18O2. The molecule has 1 aromatic heterocycles. The highest BCUT2D eigenvalue weighted by Gasteiger charge is 2.29. The van der Waals surface area contributed by atoms with Crippen LogP contribution in [0.15, 0.2) is 22.8 Å². The number of unbranched alkanes of at least 4 members (excludes halogenated alkanes) is 1. The van der Waals surface area contributed by atoms with Gasteiger partial charge in [0, 0.05) is 5.41 Å².